The second-order valence-electron chi connectivity index (χ2n) is 4.78. The molecule has 1 amide bonds. The Kier molecular flexibility index (Phi) is 5.77. The van der Waals surface area contributed by atoms with E-state index in [1.165, 1.54) is 5.56 Å². The van der Waals surface area contributed by atoms with Crippen LogP contribution in [0.15, 0.2) is 30.9 Å². The molecule has 0 aliphatic carbocycles. The molecule has 0 N–H and O–H groups in total. The van der Waals surface area contributed by atoms with Gasteiger partial charge in [-0.3, -0.25) is 4.79 Å². The standard InChI is InChI=1S/C16H23NO2/c1-6-7-10-19-14(4)16(18)17(5)15-9-8-12(2)11-13(15)3/h6,8-9,11,14H,1,7,10H2,2-5H3. The molecular weight excluding hydrogens is 238 g/mol. The average Bonchev–Trinajstić information content (AvgIpc) is 2.37. The van der Waals surface area contributed by atoms with Crippen LogP contribution in [-0.4, -0.2) is 25.7 Å². The number of rotatable bonds is 6. The topological polar surface area (TPSA) is 29.5 Å². The number of aryl methyl sites for hydroxylation is 2. The van der Waals surface area contributed by atoms with Gasteiger partial charge in [0.1, 0.15) is 6.10 Å². The molecule has 0 heterocycles. The molecule has 0 aliphatic rings. The van der Waals surface area contributed by atoms with Crippen LogP contribution in [0.2, 0.25) is 0 Å². The predicted molar refractivity (Wildman–Crippen MR) is 79.6 cm³/mol. The van der Waals surface area contributed by atoms with Crippen LogP contribution in [0.5, 0.6) is 0 Å². The number of nitrogens with zero attached hydrogens (tertiary/aromatic N) is 1. The van der Waals surface area contributed by atoms with Crippen molar-refractivity contribution in [1.82, 2.24) is 0 Å². The highest BCUT2D eigenvalue weighted by Gasteiger charge is 2.20. The maximum atomic E-state index is 12.2. The zero-order chi connectivity index (χ0) is 14.4. The van der Waals surface area contributed by atoms with Gasteiger partial charge in [0.15, 0.2) is 0 Å². The lowest BCUT2D eigenvalue weighted by Gasteiger charge is -2.23. The van der Waals surface area contributed by atoms with Gasteiger partial charge in [-0.2, -0.15) is 0 Å². The van der Waals surface area contributed by atoms with Crippen LogP contribution in [-0.2, 0) is 9.53 Å². The maximum Gasteiger partial charge on any atom is 0.255 e. The van der Waals surface area contributed by atoms with Gasteiger partial charge in [-0.1, -0.05) is 23.8 Å². The fraction of sp³-hybridized carbons (Fsp3) is 0.438. The SMILES string of the molecule is C=CCCOC(C)C(=O)N(C)c1ccc(C)cc1C. The van der Waals surface area contributed by atoms with E-state index in [0.717, 1.165) is 17.7 Å². The average molecular weight is 261 g/mol. The summed E-state index contributed by atoms with van der Waals surface area (Å²) in [6.45, 7) is 9.99. The Morgan fingerprint density at radius 3 is 2.74 bits per heavy atom. The Morgan fingerprint density at radius 1 is 1.47 bits per heavy atom. The summed E-state index contributed by atoms with van der Waals surface area (Å²) in [5, 5.41) is 0. The van der Waals surface area contributed by atoms with E-state index in [1.54, 1.807) is 24.9 Å². The number of benzene rings is 1. The maximum absolute atomic E-state index is 12.2. The molecule has 0 saturated carbocycles. The number of carbonyl (C=O) groups is 1. The quantitative estimate of drug-likeness (QED) is 0.581. The van der Waals surface area contributed by atoms with E-state index in [1.807, 2.05) is 26.0 Å². The van der Waals surface area contributed by atoms with Gasteiger partial charge in [0, 0.05) is 12.7 Å². The van der Waals surface area contributed by atoms with E-state index in [9.17, 15) is 4.79 Å². The molecule has 1 atom stereocenters. The molecule has 0 radical (unpaired) electrons. The third-order valence-corrected chi connectivity index (χ3v) is 3.08. The highest BCUT2D eigenvalue weighted by Crippen LogP contribution is 2.20. The number of hydrogen-bond donors (Lipinski definition) is 0. The fourth-order valence-corrected chi connectivity index (χ4v) is 1.97. The van der Waals surface area contributed by atoms with Gasteiger partial charge < -0.3 is 9.64 Å². The van der Waals surface area contributed by atoms with Crippen LogP contribution in [0.3, 0.4) is 0 Å². The van der Waals surface area contributed by atoms with Crippen molar-refractivity contribution in [3.05, 3.63) is 42.0 Å². The van der Waals surface area contributed by atoms with Gasteiger partial charge in [0.05, 0.1) is 6.61 Å². The molecule has 1 rings (SSSR count). The molecule has 0 saturated heterocycles. The smallest absolute Gasteiger partial charge is 0.255 e. The summed E-state index contributed by atoms with van der Waals surface area (Å²) in [7, 11) is 1.79. The van der Waals surface area contributed by atoms with Crippen molar-refractivity contribution in [2.75, 3.05) is 18.6 Å². The van der Waals surface area contributed by atoms with Gasteiger partial charge >= 0.3 is 0 Å². The fourth-order valence-electron chi connectivity index (χ4n) is 1.97. The van der Waals surface area contributed by atoms with E-state index >= 15 is 0 Å². The van der Waals surface area contributed by atoms with E-state index in [0.29, 0.717) is 6.61 Å². The Morgan fingerprint density at radius 2 is 2.16 bits per heavy atom. The van der Waals surface area contributed by atoms with Crippen LogP contribution < -0.4 is 4.90 Å². The largest absolute Gasteiger partial charge is 0.368 e. The Balaban J connectivity index is 2.72. The first-order valence-electron chi connectivity index (χ1n) is 6.54. The summed E-state index contributed by atoms with van der Waals surface area (Å²) in [5.41, 5.74) is 3.21. The molecule has 1 aromatic rings. The number of likely N-dealkylation sites (N-methyl/N-ethyl adjacent to an activating group) is 1. The first-order chi connectivity index (χ1) is 8.97. The molecule has 3 heteroatoms. The summed E-state index contributed by atoms with van der Waals surface area (Å²) in [4.78, 5) is 13.9. The lowest BCUT2D eigenvalue weighted by Crippen LogP contribution is -2.36. The third-order valence-electron chi connectivity index (χ3n) is 3.08. The number of ether oxygens (including phenoxy) is 1. The minimum Gasteiger partial charge on any atom is -0.368 e. The number of hydrogen-bond acceptors (Lipinski definition) is 2. The minimum atomic E-state index is -0.439. The molecule has 0 bridgehead atoms. The van der Waals surface area contributed by atoms with Gasteiger partial charge in [0.25, 0.3) is 5.91 Å². The summed E-state index contributed by atoms with van der Waals surface area (Å²) in [5.74, 6) is -0.0315. The van der Waals surface area contributed by atoms with Gasteiger partial charge in [-0.15, -0.1) is 6.58 Å². The van der Waals surface area contributed by atoms with Gasteiger partial charge in [-0.25, -0.2) is 0 Å². The minimum absolute atomic E-state index is 0.0315. The lowest BCUT2D eigenvalue weighted by atomic mass is 10.1. The molecule has 3 nitrogen and oxygen atoms in total. The van der Waals surface area contributed by atoms with E-state index in [2.05, 4.69) is 12.6 Å². The zero-order valence-corrected chi connectivity index (χ0v) is 12.3. The van der Waals surface area contributed by atoms with Crippen molar-refractivity contribution in [2.24, 2.45) is 0 Å². The van der Waals surface area contributed by atoms with Crippen LogP contribution in [0, 0.1) is 13.8 Å². The summed E-state index contributed by atoms with van der Waals surface area (Å²) < 4.78 is 5.49. The molecule has 0 aromatic heterocycles. The molecule has 1 aromatic carbocycles. The predicted octanol–water partition coefficient (Wildman–Crippen LogP) is 3.25. The van der Waals surface area contributed by atoms with Crippen LogP contribution in [0.25, 0.3) is 0 Å². The lowest BCUT2D eigenvalue weighted by molar-refractivity contribution is -0.128. The third kappa shape index (κ3) is 4.21. The van der Waals surface area contributed by atoms with Crippen LogP contribution in [0.1, 0.15) is 24.5 Å². The van der Waals surface area contributed by atoms with E-state index in [-0.39, 0.29) is 5.91 Å². The van der Waals surface area contributed by atoms with E-state index < -0.39 is 6.10 Å². The van der Waals surface area contributed by atoms with Crippen molar-refractivity contribution in [2.45, 2.75) is 33.3 Å². The molecule has 19 heavy (non-hydrogen) atoms. The van der Waals surface area contributed by atoms with Crippen molar-refractivity contribution >= 4 is 11.6 Å². The molecule has 1 unspecified atom stereocenters. The van der Waals surface area contributed by atoms with Crippen molar-refractivity contribution in [3.63, 3.8) is 0 Å². The van der Waals surface area contributed by atoms with E-state index in [4.69, 9.17) is 4.74 Å². The van der Waals surface area contributed by atoms with Crippen molar-refractivity contribution < 1.29 is 9.53 Å². The Labute approximate surface area is 115 Å². The van der Waals surface area contributed by atoms with Crippen molar-refractivity contribution in [1.29, 1.82) is 0 Å². The molecule has 0 aliphatic heterocycles. The first kappa shape index (κ1) is 15.4. The second-order valence-corrected chi connectivity index (χ2v) is 4.78. The van der Waals surface area contributed by atoms with Crippen molar-refractivity contribution in [3.8, 4) is 0 Å². The summed E-state index contributed by atoms with van der Waals surface area (Å²) in [6.07, 6.45) is 2.10. The van der Waals surface area contributed by atoms with Crippen LogP contribution in [0.4, 0.5) is 5.69 Å². The number of amides is 1. The summed E-state index contributed by atoms with van der Waals surface area (Å²) in [6, 6.07) is 6.05. The summed E-state index contributed by atoms with van der Waals surface area (Å²) >= 11 is 0. The monoisotopic (exact) mass is 261 g/mol. The van der Waals surface area contributed by atoms with Gasteiger partial charge in [-0.05, 0) is 38.8 Å². The normalized spacial score (nSPS) is 12.0. The highest BCUT2D eigenvalue weighted by atomic mass is 16.5. The highest BCUT2D eigenvalue weighted by molar-refractivity contribution is 5.96. The zero-order valence-electron chi connectivity index (χ0n) is 12.3. The Hall–Kier alpha value is -1.61. The molecular formula is C16H23NO2. The number of carbonyl (C=O) groups excluding carboxylic acids is 1. The first-order valence-corrected chi connectivity index (χ1v) is 6.54. The number of anilines is 1. The molecule has 0 spiro atoms. The molecule has 0 fully saturated rings. The van der Waals surface area contributed by atoms with Crippen LogP contribution >= 0.6 is 0 Å². The second kappa shape index (κ2) is 7.10. The molecule has 104 valence electrons. The van der Waals surface area contributed by atoms with Gasteiger partial charge in [0.2, 0.25) is 0 Å². The Bertz CT molecular complexity index is 454.